The number of ether oxygens (including phenoxy) is 3. The van der Waals surface area contributed by atoms with Crippen molar-refractivity contribution in [2.24, 2.45) is 0 Å². The molecule has 4 rings (SSSR count). The van der Waals surface area contributed by atoms with Crippen molar-refractivity contribution in [2.45, 2.75) is 6.36 Å². The van der Waals surface area contributed by atoms with Crippen LogP contribution in [0.1, 0.15) is 0 Å². The minimum atomic E-state index is -4.79. The number of carbonyl (C=O) groups is 1. The van der Waals surface area contributed by atoms with E-state index in [1.165, 1.54) is 30.2 Å². The van der Waals surface area contributed by atoms with Crippen LogP contribution in [0.5, 0.6) is 11.5 Å². The number of hydrogen-bond donors (Lipinski definition) is 1. The number of halogens is 4. The van der Waals surface area contributed by atoms with Gasteiger partial charge in [0.05, 0.1) is 36.2 Å². The van der Waals surface area contributed by atoms with Gasteiger partial charge in [-0.2, -0.15) is 0 Å². The van der Waals surface area contributed by atoms with Crippen LogP contribution in [0.25, 0.3) is 10.2 Å². The molecule has 190 valence electrons. The van der Waals surface area contributed by atoms with E-state index in [0.29, 0.717) is 53.1 Å². The number of amides is 2. The van der Waals surface area contributed by atoms with Gasteiger partial charge < -0.3 is 19.5 Å². The smallest absolute Gasteiger partial charge is 0.495 e. The number of urea groups is 1. The van der Waals surface area contributed by atoms with Gasteiger partial charge in [-0.3, -0.25) is 9.80 Å². The van der Waals surface area contributed by atoms with Gasteiger partial charge in [-0.25, -0.2) is 9.78 Å². The number of alkyl halides is 3. The summed E-state index contributed by atoms with van der Waals surface area (Å²) in [5.41, 5.74) is 0.962. The van der Waals surface area contributed by atoms with E-state index in [0.717, 1.165) is 24.4 Å². The Labute approximate surface area is 210 Å². The zero-order chi connectivity index (χ0) is 24.1. The van der Waals surface area contributed by atoms with Crippen molar-refractivity contribution in [3.05, 3.63) is 42.5 Å². The van der Waals surface area contributed by atoms with Crippen molar-refractivity contribution in [2.75, 3.05) is 56.7 Å². The van der Waals surface area contributed by atoms with Crippen LogP contribution < -0.4 is 19.7 Å². The summed E-state index contributed by atoms with van der Waals surface area (Å²) >= 11 is 1.11. The first-order valence-corrected chi connectivity index (χ1v) is 11.3. The Morgan fingerprint density at radius 1 is 1.23 bits per heavy atom. The van der Waals surface area contributed by atoms with Gasteiger partial charge in [-0.1, -0.05) is 23.5 Å². The normalized spacial score (nSPS) is 14.3. The van der Waals surface area contributed by atoms with Gasteiger partial charge in [-0.15, -0.1) is 25.6 Å². The maximum Gasteiger partial charge on any atom is 0.573 e. The minimum Gasteiger partial charge on any atom is -0.495 e. The molecular formula is C22H24ClF3N4O4S. The number of hydrogen-bond acceptors (Lipinski definition) is 7. The molecule has 1 aliphatic heterocycles. The van der Waals surface area contributed by atoms with Crippen LogP contribution >= 0.6 is 23.7 Å². The summed E-state index contributed by atoms with van der Waals surface area (Å²) in [5.74, 6) is 0.163. The van der Waals surface area contributed by atoms with E-state index in [1.807, 2.05) is 0 Å². The number of anilines is 2. The molecule has 2 amide bonds. The Hall–Kier alpha value is -2.80. The van der Waals surface area contributed by atoms with Crippen molar-refractivity contribution in [3.8, 4) is 11.5 Å². The van der Waals surface area contributed by atoms with Gasteiger partial charge in [0.2, 0.25) is 0 Å². The molecule has 13 heteroatoms. The van der Waals surface area contributed by atoms with Crippen LogP contribution in [-0.4, -0.2) is 68.8 Å². The SMILES string of the molecule is COc1ccccc1NC(=O)N(CCN1CCOCC1)c1nc2ccc(OC(F)(F)F)cc2s1.Cl. The summed E-state index contributed by atoms with van der Waals surface area (Å²) < 4.78 is 53.0. The predicted molar refractivity (Wildman–Crippen MR) is 130 cm³/mol. The average Bonchev–Trinajstić information content (AvgIpc) is 3.22. The molecule has 0 atom stereocenters. The van der Waals surface area contributed by atoms with Crippen LogP contribution in [0.2, 0.25) is 0 Å². The lowest BCUT2D eigenvalue weighted by Gasteiger charge is -2.29. The van der Waals surface area contributed by atoms with Gasteiger partial charge in [-0.05, 0) is 24.3 Å². The molecule has 35 heavy (non-hydrogen) atoms. The maximum absolute atomic E-state index is 13.3. The van der Waals surface area contributed by atoms with Crippen molar-refractivity contribution in [1.29, 1.82) is 0 Å². The Bertz CT molecular complexity index is 1140. The van der Waals surface area contributed by atoms with Crippen molar-refractivity contribution < 1.29 is 32.2 Å². The highest BCUT2D eigenvalue weighted by Crippen LogP contribution is 2.34. The molecule has 0 spiro atoms. The maximum atomic E-state index is 13.3. The average molecular weight is 533 g/mol. The summed E-state index contributed by atoms with van der Waals surface area (Å²) in [6.45, 7) is 3.65. The highest BCUT2D eigenvalue weighted by Gasteiger charge is 2.31. The second-order valence-corrected chi connectivity index (χ2v) is 8.42. The van der Waals surface area contributed by atoms with Gasteiger partial charge >= 0.3 is 12.4 Å². The number of benzene rings is 2. The fraction of sp³-hybridized carbons (Fsp3) is 0.364. The second kappa shape index (κ2) is 11.8. The summed E-state index contributed by atoms with van der Waals surface area (Å²) in [7, 11) is 1.51. The molecule has 1 aromatic heterocycles. The number of rotatable bonds is 7. The van der Waals surface area contributed by atoms with E-state index in [1.54, 1.807) is 24.3 Å². The van der Waals surface area contributed by atoms with Crippen molar-refractivity contribution in [3.63, 3.8) is 0 Å². The second-order valence-electron chi connectivity index (χ2n) is 7.41. The predicted octanol–water partition coefficient (Wildman–Crippen LogP) is 5.00. The highest BCUT2D eigenvalue weighted by molar-refractivity contribution is 7.22. The first kappa shape index (κ1) is 26.8. The largest absolute Gasteiger partial charge is 0.573 e. The third-order valence-electron chi connectivity index (χ3n) is 5.15. The number of fused-ring (bicyclic) bond motifs is 1. The number of thiazole rings is 1. The molecule has 0 aliphatic carbocycles. The molecule has 8 nitrogen and oxygen atoms in total. The van der Waals surface area contributed by atoms with E-state index < -0.39 is 12.4 Å². The van der Waals surface area contributed by atoms with E-state index >= 15 is 0 Å². The first-order chi connectivity index (χ1) is 16.3. The fourth-order valence-corrected chi connectivity index (χ4v) is 4.50. The zero-order valence-electron chi connectivity index (χ0n) is 18.7. The van der Waals surface area contributed by atoms with Crippen molar-refractivity contribution in [1.82, 2.24) is 9.88 Å². The monoisotopic (exact) mass is 532 g/mol. The number of morpholine rings is 1. The quantitative estimate of drug-likeness (QED) is 0.462. The number of nitrogens with one attached hydrogen (secondary N) is 1. The lowest BCUT2D eigenvalue weighted by molar-refractivity contribution is -0.274. The molecular weight excluding hydrogens is 509 g/mol. The Balaban J connectivity index is 0.00000342. The molecule has 2 heterocycles. The number of carbonyl (C=O) groups excluding carboxylic acids is 1. The third-order valence-corrected chi connectivity index (χ3v) is 6.19. The van der Waals surface area contributed by atoms with Gasteiger partial charge in [0.15, 0.2) is 5.13 Å². The van der Waals surface area contributed by atoms with E-state index in [2.05, 4.69) is 19.9 Å². The number of methoxy groups -OCH3 is 1. The van der Waals surface area contributed by atoms with Crippen LogP contribution in [0.15, 0.2) is 42.5 Å². The number of nitrogens with zero attached hydrogens (tertiary/aromatic N) is 3. The van der Waals surface area contributed by atoms with Crippen LogP contribution in [0, 0.1) is 0 Å². The molecule has 1 aliphatic rings. The van der Waals surface area contributed by atoms with Gasteiger partial charge in [0.1, 0.15) is 11.5 Å². The number of aromatic nitrogens is 1. The Morgan fingerprint density at radius 3 is 2.69 bits per heavy atom. The summed E-state index contributed by atoms with van der Waals surface area (Å²) in [6.07, 6.45) is -4.79. The molecule has 3 aromatic rings. The Morgan fingerprint density at radius 2 is 1.97 bits per heavy atom. The minimum absolute atomic E-state index is 0. The van der Waals surface area contributed by atoms with E-state index in [-0.39, 0.29) is 18.2 Å². The Kier molecular flexibility index (Phi) is 9.00. The molecule has 0 saturated carbocycles. The van der Waals surface area contributed by atoms with Crippen LogP contribution in [-0.2, 0) is 4.74 Å². The van der Waals surface area contributed by atoms with Crippen LogP contribution in [0.3, 0.4) is 0 Å². The van der Waals surface area contributed by atoms with Crippen LogP contribution in [0.4, 0.5) is 28.8 Å². The van der Waals surface area contributed by atoms with E-state index in [9.17, 15) is 18.0 Å². The summed E-state index contributed by atoms with van der Waals surface area (Å²) in [5, 5.41) is 3.21. The standard InChI is InChI=1S/C22H23F3N4O4S.ClH/c1-31-18-5-3-2-4-16(18)26-20(30)29(9-8-28-10-12-32-13-11-28)21-27-17-7-6-15(14-19(17)34-21)33-22(23,24)25;/h2-7,14H,8-13H2,1H3,(H,26,30);1H. The molecule has 0 bridgehead atoms. The summed E-state index contributed by atoms with van der Waals surface area (Å²) in [6, 6.07) is 10.5. The van der Waals surface area contributed by atoms with Crippen molar-refractivity contribution >= 4 is 50.8 Å². The molecule has 2 aromatic carbocycles. The highest BCUT2D eigenvalue weighted by atomic mass is 35.5. The van der Waals surface area contributed by atoms with E-state index in [4.69, 9.17) is 9.47 Å². The number of para-hydroxylation sites is 2. The first-order valence-electron chi connectivity index (χ1n) is 10.5. The van der Waals surface area contributed by atoms with Gasteiger partial charge in [0, 0.05) is 32.2 Å². The topological polar surface area (TPSA) is 76.2 Å². The fourth-order valence-electron chi connectivity index (χ4n) is 3.49. The molecule has 1 N–H and O–H groups in total. The zero-order valence-corrected chi connectivity index (χ0v) is 20.3. The molecule has 0 unspecified atom stereocenters. The molecule has 0 radical (unpaired) electrons. The van der Waals surface area contributed by atoms with Gasteiger partial charge in [0.25, 0.3) is 0 Å². The molecule has 1 fully saturated rings. The lowest BCUT2D eigenvalue weighted by Crippen LogP contribution is -2.44. The third kappa shape index (κ3) is 7.10. The molecule has 1 saturated heterocycles. The lowest BCUT2D eigenvalue weighted by atomic mass is 10.3. The summed E-state index contributed by atoms with van der Waals surface area (Å²) in [4.78, 5) is 21.4.